The predicted molar refractivity (Wildman–Crippen MR) is 104 cm³/mol. The molecule has 0 amide bonds. The smallest absolute Gasteiger partial charge is 0.336 e. The molecule has 0 radical (unpaired) electrons. The molecule has 0 saturated carbocycles. The minimum absolute atomic E-state index is 0.0878. The maximum Gasteiger partial charge on any atom is 0.336 e. The highest BCUT2D eigenvalue weighted by molar-refractivity contribution is 6.35. The van der Waals surface area contributed by atoms with Crippen LogP contribution in [0.15, 0.2) is 45.6 Å². The molecular weight excluding hydrogens is 373 g/mol. The van der Waals surface area contributed by atoms with Gasteiger partial charge < -0.3 is 14.8 Å². The number of halogens is 2. The number of hydrogen-bond donors (Lipinski definition) is 2. The second kappa shape index (κ2) is 7.70. The fraction of sp³-hybridized carbons (Fsp3) is 0.250. The molecule has 0 unspecified atom stereocenters. The van der Waals surface area contributed by atoms with Gasteiger partial charge in [0.15, 0.2) is 0 Å². The molecule has 3 N–H and O–H groups in total. The van der Waals surface area contributed by atoms with Gasteiger partial charge in [-0.15, -0.1) is 0 Å². The van der Waals surface area contributed by atoms with E-state index in [9.17, 15) is 9.90 Å². The van der Waals surface area contributed by atoms with Gasteiger partial charge in [0.1, 0.15) is 23.9 Å². The van der Waals surface area contributed by atoms with E-state index < -0.39 is 5.63 Å². The van der Waals surface area contributed by atoms with E-state index in [0.29, 0.717) is 28.6 Å². The zero-order valence-corrected chi connectivity index (χ0v) is 16.1. The van der Waals surface area contributed by atoms with Crippen molar-refractivity contribution in [3.63, 3.8) is 0 Å². The molecule has 0 fully saturated rings. The Morgan fingerprint density at radius 1 is 1.15 bits per heavy atom. The Balaban J connectivity index is 1.91. The third kappa shape index (κ3) is 3.88. The fourth-order valence-electron chi connectivity index (χ4n) is 3.06. The molecule has 0 saturated heterocycles. The summed E-state index contributed by atoms with van der Waals surface area (Å²) in [6, 6.07) is 10.4. The number of benzene rings is 2. The molecule has 0 aliphatic carbocycles. The zero-order chi connectivity index (χ0) is 18.8. The predicted octanol–water partition coefficient (Wildman–Crippen LogP) is 4.19. The number of fused-ring (bicyclic) bond motifs is 1. The normalized spacial score (nSPS) is 12.5. The number of phenols is 1. The van der Waals surface area contributed by atoms with Crippen LogP contribution in [0.4, 0.5) is 0 Å². The second-order valence-electron chi connectivity index (χ2n) is 6.32. The number of rotatable bonds is 5. The first-order chi connectivity index (χ1) is 12.4. The molecule has 1 atom stereocenters. The zero-order valence-electron chi connectivity index (χ0n) is 14.6. The van der Waals surface area contributed by atoms with Crippen LogP contribution >= 0.6 is 23.2 Å². The molecule has 4 nitrogen and oxygen atoms in total. The Labute approximate surface area is 161 Å². The minimum atomic E-state index is -0.429. The Kier molecular flexibility index (Phi) is 5.56. The van der Waals surface area contributed by atoms with E-state index in [-0.39, 0.29) is 11.8 Å². The third-order valence-corrected chi connectivity index (χ3v) is 5.12. The van der Waals surface area contributed by atoms with Crippen molar-refractivity contribution in [2.24, 2.45) is 0 Å². The van der Waals surface area contributed by atoms with Crippen LogP contribution in [0.1, 0.15) is 36.6 Å². The summed E-state index contributed by atoms with van der Waals surface area (Å²) in [5.41, 5.74) is 2.63. The lowest BCUT2D eigenvalue weighted by Gasteiger charge is -2.14. The third-order valence-electron chi connectivity index (χ3n) is 4.55. The molecule has 0 aliphatic heterocycles. The van der Waals surface area contributed by atoms with Crippen molar-refractivity contribution in [2.75, 3.05) is 0 Å². The lowest BCUT2D eigenvalue weighted by atomic mass is 10.0. The first kappa shape index (κ1) is 18.8. The van der Waals surface area contributed by atoms with Gasteiger partial charge in [0, 0.05) is 33.7 Å². The van der Waals surface area contributed by atoms with E-state index in [0.717, 1.165) is 22.1 Å². The Morgan fingerprint density at radius 2 is 1.92 bits per heavy atom. The van der Waals surface area contributed by atoms with Crippen LogP contribution in [0, 0.1) is 0 Å². The number of phenolic OH excluding ortho intramolecular Hbond substituents is 1. The summed E-state index contributed by atoms with van der Waals surface area (Å²) in [6.45, 7) is 4.60. The van der Waals surface area contributed by atoms with Gasteiger partial charge in [-0.25, -0.2) is 4.79 Å². The first-order valence-electron chi connectivity index (χ1n) is 8.46. The van der Waals surface area contributed by atoms with E-state index in [2.05, 4.69) is 5.32 Å². The van der Waals surface area contributed by atoms with Crippen molar-refractivity contribution >= 4 is 34.2 Å². The minimum Gasteiger partial charge on any atom is -0.508 e. The van der Waals surface area contributed by atoms with E-state index in [4.69, 9.17) is 27.6 Å². The summed E-state index contributed by atoms with van der Waals surface area (Å²) >= 11 is 12.2. The molecule has 26 heavy (non-hydrogen) atoms. The maximum atomic E-state index is 11.9. The molecule has 6 heteroatoms. The van der Waals surface area contributed by atoms with Gasteiger partial charge in [-0.3, -0.25) is 0 Å². The average Bonchev–Trinajstić information content (AvgIpc) is 2.58. The van der Waals surface area contributed by atoms with Crippen LogP contribution in [-0.4, -0.2) is 5.11 Å². The van der Waals surface area contributed by atoms with Crippen molar-refractivity contribution < 1.29 is 14.8 Å². The highest BCUT2D eigenvalue weighted by Gasteiger charge is 2.16. The molecular formula is C20H20Cl2NO3+. The standard InChI is InChI=1S/C20H19Cl2NO3/c1-3-12-6-16-13(7-20(25)26-19(16)9-18(12)24)10-23-11(2)15-5-4-14(21)8-17(15)22/h4-9,11,23-24H,3,10H2,1-2H3/p+1/t11-/m0/s1. The average molecular weight is 393 g/mol. The molecule has 1 heterocycles. The largest absolute Gasteiger partial charge is 0.508 e. The monoisotopic (exact) mass is 392 g/mol. The SMILES string of the molecule is CCc1cc2c(C[NH2+][C@@H](C)c3ccc(Cl)cc3Cl)cc(=O)oc2cc1O. The summed E-state index contributed by atoms with van der Waals surface area (Å²) in [4.78, 5) is 11.9. The molecule has 136 valence electrons. The van der Waals surface area contributed by atoms with Crippen molar-refractivity contribution in [3.05, 3.63) is 73.6 Å². The molecule has 0 aliphatic rings. The summed E-state index contributed by atoms with van der Waals surface area (Å²) in [7, 11) is 0. The number of aryl methyl sites for hydroxylation is 1. The molecule has 3 rings (SSSR count). The van der Waals surface area contributed by atoms with Crippen molar-refractivity contribution in [2.45, 2.75) is 32.9 Å². The van der Waals surface area contributed by atoms with Crippen LogP contribution in [0.2, 0.25) is 10.0 Å². The number of aromatic hydroxyl groups is 1. The Morgan fingerprint density at radius 3 is 2.62 bits per heavy atom. The van der Waals surface area contributed by atoms with Crippen molar-refractivity contribution in [1.82, 2.24) is 0 Å². The van der Waals surface area contributed by atoms with Gasteiger partial charge in [-0.1, -0.05) is 36.2 Å². The van der Waals surface area contributed by atoms with Gasteiger partial charge in [0.25, 0.3) is 0 Å². The quantitative estimate of drug-likeness (QED) is 0.639. The Hall–Kier alpha value is -2.01. The van der Waals surface area contributed by atoms with Crippen molar-refractivity contribution in [3.8, 4) is 5.75 Å². The molecule has 3 aromatic rings. The highest BCUT2D eigenvalue weighted by Crippen LogP contribution is 2.27. The van der Waals surface area contributed by atoms with Crippen LogP contribution in [0.5, 0.6) is 5.75 Å². The highest BCUT2D eigenvalue weighted by atomic mass is 35.5. The molecule has 0 spiro atoms. The van der Waals surface area contributed by atoms with Gasteiger partial charge in [0.2, 0.25) is 0 Å². The molecule has 2 aromatic carbocycles. The summed E-state index contributed by atoms with van der Waals surface area (Å²) in [5, 5.41) is 14.2. The molecule has 1 aromatic heterocycles. The van der Waals surface area contributed by atoms with Gasteiger partial charge >= 0.3 is 5.63 Å². The first-order valence-corrected chi connectivity index (χ1v) is 9.21. The summed E-state index contributed by atoms with van der Waals surface area (Å²) in [5.74, 6) is 0.144. The number of hydrogen-bond acceptors (Lipinski definition) is 3. The van der Waals surface area contributed by atoms with Gasteiger partial charge in [-0.05, 0) is 37.1 Å². The van der Waals surface area contributed by atoms with Crippen LogP contribution in [0.25, 0.3) is 11.0 Å². The van der Waals surface area contributed by atoms with Gasteiger partial charge in [-0.2, -0.15) is 0 Å². The number of nitrogens with two attached hydrogens (primary N) is 1. The van der Waals surface area contributed by atoms with Crippen molar-refractivity contribution in [1.29, 1.82) is 0 Å². The van der Waals surface area contributed by atoms with E-state index >= 15 is 0 Å². The second-order valence-corrected chi connectivity index (χ2v) is 7.16. The topological polar surface area (TPSA) is 67.0 Å². The van der Waals surface area contributed by atoms with Crippen LogP contribution < -0.4 is 10.9 Å². The van der Waals surface area contributed by atoms with Gasteiger partial charge in [0.05, 0.1) is 5.02 Å². The Bertz CT molecular complexity index is 1010. The summed E-state index contributed by atoms with van der Waals surface area (Å²) < 4.78 is 5.24. The lowest BCUT2D eigenvalue weighted by Crippen LogP contribution is -2.83. The number of quaternary nitrogens is 1. The van der Waals surface area contributed by atoms with E-state index in [1.807, 2.05) is 32.0 Å². The van der Waals surface area contributed by atoms with E-state index in [1.54, 1.807) is 6.07 Å². The maximum absolute atomic E-state index is 11.9. The lowest BCUT2D eigenvalue weighted by molar-refractivity contribution is -0.707. The summed E-state index contributed by atoms with van der Waals surface area (Å²) in [6.07, 6.45) is 0.695. The fourth-order valence-corrected chi connectivity index (χ4v) is 3.64. The van der Waals surface area contributed by atoms with E-state index in [1.165, 1.54) is 12.1 Å². The van der Waals surface area contributed by atoms with Crippen LogP contribution in [-0.2, 0) is 13.0 Å². The molecule has 0 bridgehead atoms. The van der Waals surface area contributed by atoms with Crippen LogP contribution in [0.3, 0.4) is 0 Å².